The van der Waals surface area contributed by atoms with Gasteiger partial charge in [-0.3, -0.25) is 9.59 Å². The van der Waals surface area contributed by atoms with E-state index in [1.165, 1.54) is 0 Å². The minimum atomic E-state index is -0.291. The van der Waals surface area contributed by atoms with Crippen molar-refractivity contribution in [3.63, 3.8) is 0 Å². The molecule has 4 aliphatic rings. The van der Waals surface area contributed by atoms with Crippen LogP contribution in [0.2, 0.25) is 0 Å². The Morgan fingerprint density at radius 3 is 2.59 bits per heavy atom. The molecule has 0 aliphatic heterocycles. The van der Waals surface area contributed by atoms with Crippen molar-refractivity contribution in [2.45, 2.75) is 71.3 Å². The third-order valence-corrected chi connectivity index (χ3v) is 8.14. The van der Waals surface area contributed by atoms with Gasteiger partial charge in [-0.15, -0.1) is 0 Å². The summed E-state index contributed by atoms with van der Waals surface area (Å²) in [5.74, 6) is 2.27. The van der Waals surface area contributed by atoms with Crippen LogP contribution in [0.4, 0.5) is 0 Å². The van der Waals surface area contributed by atoms with E-state index in [9.17, 15) is 14.7 Å². The second-order valence-corrected chi connectivity index (χ2v) is 8.95. The number of aliphatic hydroxyl groups is 1. The van der Waals surface area contributed by atoms with Gasteiger partial charge in [-0.2, -0.15) is 0 Å². The summed E-state index contributed by atoms with van der Waals surface area (Å²) in [6, 6.07) is 0. The third-order valence-electron chi connectivity index (χ3n) is 8.14. The number of Topliss-reactive ketones (excluding diaryl/α,β-unsaturated/α-hetero) is 2. The lowest BCUT2D eigenvalue weighted by Crippen LogP contribution is -2.57. The monoisotopic (exact) mass is 304 g/mol. The molecule has 0 radical (unpaired) electrons. The second kappa shape index (κ2) is 4.66. The summed E-state index contributed by atoms with van der Waals surface area (Å²) in [6.45, 7) is 4.46. The van der Waals surface area contributed by atoms with Crippen molar-refractivity contribution in [1.82, 2.24) is 0 Å². The number of hydrogen-bond acceptors (Lipinski definition) is 3. The Balaban J connectivity index is 1.69. The quantitative estimate of drug-likeness (QED) is 0.748. The Bertz CT molecular complexity index is 527. The molecule has 0 heterocycles. The minimum Gasteiger partial charge on any atom is -0.393 e. The van der Waals surface area contributed by atoms with Crippen LogP contribution >= 0.6 is 0 Å². The molecule has 1 N–H and O–H groups in total. The summed E-state index contributed by atoms with van der Waals surface area (Å²) in [6.07, 6.45) is 6.67. The first-order valence-corrected chi connectivity index (χ1v) is 9.10. The Morgan fingerprint density at radius 1 is 1.05 bits per heavy atom. The van der Waals surface area contributed by atoms with Crippen molar-refractivity contribution in [3.05, 3.63) is 0 Å². The Hall–Kier alpha value is -0.700. The van der Waals surface area contributed by atoms with Gasteiger partial charge in [0.15, 0.2) is 0 Å². The molecule has 0 spiro atoms. The van der Waals surface area contributed by atoms with Crippen LogP contribution in [0.25, 0.3) is 0 Å². The molecule has 4 saturated carbocycles. The zero-order valence-corrected chi connectivity index (χ0v) is 13.8. The first-order valence-electron chi connectivity index (χ1n) is 9.10. The lowest BCUT2D eigenvalue weighted by atomic mass is 9.45. The average molecular weight is 304 g/mol. The molecule has 122 valence electrons. The van der Waals surface area contributed by atoms with Crippen LogP contribution in [0.3, 0.4) is 0 Å². The van der Waals surface area contributed by atoms with Crippen molar-refractivity contribution in [1.29, 1.82) is 0 Å². The van der Waals surface area contributed by atoms with Gasteiger partial charge in [0, 0.05) is 24.2 Å². The zero-order valence-electron chi connectivity index (χ0n) is 13.8. The van der Waals surface area contributed by atoms with Gasteiger partial charge in [0.25, 0.3) is 0 Å². The highest BCUT2D eigenvalue weighted by Gasteiger charge is 2.62. The zero-order chi connectivity index (χ0) is 15.7. The standard InChI is InChI=1S/C19H28O3/c1-18-7-5-11(20)9-15(18)16(21)10-12-13-3-4-17(22)19(13,2)8-6-14(12)18/h11-15,20H,3-10H2,1-2H3/t11-,12+,13+,14-,15-,18+,19-/m0/s1. The van der Waals surface area contributed by atoms with Crippen LogP contribution in [-0.4, -0.2) is 22.8 Å². The predicted molar refractivity (Wildman–Crippen MR) is 83.1 cm³/mol. The first-order chi connectivity index (χ1) is 10.4. The van der Waals surface area contributed by atoms with Gasteiger partial charge in [-0.25, -0.2) is 0 Å². The van der Waals surface area contributed by atoms with Crippen LogP contribution < -0.4 is 0 Å². The van der Waals surface area contributed by atoms with E-state index in [-0.39, 0.29) is 22.9 Å². The number of fused-ring (bicyclic) bond motifs is 5. The molecule has 4 fully saturated rings. The van der Waals surface area contributed by atoms with E-state index in [0.29, 0.717) is 42.2 Å². The predicted octanol–water partition coefficient (Wildman–Crippen LogP) is 3.14. The highest BCUT2D eigenvalue weighted by molar-refractivity contribution is 5.88. The fourth-order valence-corrected chi connectivity index (χ4v) is 6.79. The maximum absolute atomic E-state index is 12.8. The second-order valence-electron chi connectivity index (χ2n) is 8.95. The molecule has 0 aromatic rings. The molecule has 0 amide bonds. The fraction of sp³-hybridized carbons (Fsp3) is 0.895. The summed E-state index contributed by atoms with van der Waals surface area (Å²) >= 11 is 0. The minimum absolute atomic E-state index is 0.0546. The van der Waals surface area contributed by atoms with E-state index in [0.717, 1.165) is 38.5 Å². The van der Waals surface area contributed by atoms with Gasteiger partial charge in [0.1, 0.15) is 11.6 Å². The van der Waals surface area contributed by atoms with E-state index in [1.807, 2.05) is 0 Å². The van der Waals surface area contributed by atoms with E-state index in [1.54, 1.807) is 0 Å². The summed E-state index contributed by atoms with van der Waals surface area (Å²) < 4.78 is 0. The van der Waals surface area contributed by atoms with Crippen molar-refractivity contribution < 1.29 is 14.7 Å². The number of carbonyl (C=O) groups is 2. The van der Waals surface area contributed by atoms with Crippen molar-refractivity contribution in [3.8, 4) is 0 Å². The summed E-state index contributed by atoms with van der Waals surface area (Å²) in [4.78, 5) is 25.2. The maximum atomic E-state index is 12.8. The molecule has 3 nitrogen and oxygen atoms in total. The van der Waals surface area contributed by atoms with Crippen LogP contribution in [-0.2, 0) is 9.59 Å². The van der Waals surface area contributed by atoms with Gasteiger partial charge >= 0.3 is 0 Å². The summed E-state index contributed by atoms with van der Waals surface area (Å²) in [5.41, 5.74) is -0.0922. The van der Waals surface area contributed by atoms with Crippen LogP contribution in [0.1, 0.15) is 65.2 Å². The van der Waals surface area contributed by atoms with E-state index in [4.69, 9.17) is 0 Å². The van der Waals surface area contributed by atoms with Crippen LogP contribution in [0.15, 0.2) is 0 Å². The van der Waals surface area contributed by atoms with E-state index >= 15 is 0 Å². The molecule has 0 aromatic carbocycles. The molecular formula is C19H28O3. The third kappa shape index (κ3) is 1.78. The van der Waals surface area contributed by atoms with E-state index < -0.39 is 0 Å². The fourth-order valence-electron chi connectivity index (χ4n) is 6.79. The molecular weight excluding hydrogens is 276 g/mol. The largest absolute Gasteiger partial charge is 0.393 e. The number of hydrogen-bond donors (Lipinski definition) is 1. The highest BCUT2D eigenvalue weighted by Crippen LogP contribution is 2.64. The Labute approximate surface area is 132 Å². The SMILES string of the molecule is C[C@]12CC[C@H](O)C[C@H]1C(=O)C[C@@H]1[C@H]3CCC(=O)[C@@]3(C)CC[C@@H]12. The van der Waals surface area contributed by atoms with Crippen molar-refractivity contribution in [2.75, 3.05) is 0 Å². The van der Waals surface area contributed by atoms with Gasteiger partial charge < -0.3 is 5.11 Å². The first kappa shape index (κ1) is 14.9. The molecule has 7 atom stereocenters. The van der Waals surface area contributed by atoms with Gasteiger partial charge in [0.05, 0.1) is 6.10 Å². The Morgan fingerprint density at radius 2 is 1.82 bits per heavy atom. The molecule has 0 bridgehead atoms. The molecule has 0 unspecified atom stereocenters. The molecule has 0 saturated heterocycles. The maximum Gasteiger partial charge on any atom is 0.139 e. The van der Waals surface area contributed by atoms with E-state index in [2.05, 4.69) is 13.8 Å². The molecule has 0 aromatic heterocycles. The molecule has 22 heavy (non-hydrogen) atoms. The van der Waals surface area contributed by atoms with Crippen molar-refractivity contribution >= 4 is 11.6 Å². The molecule has 4 rings (SSSR count). The molecule has 4 aliphatic carbocycles. The van der Waals surface area contributed by atoms with Gasteiger partial charge in [-0.1, -0.05) is 13.8 Å². The number of rotatable bonds is 0. The topological polar surface area (TPSA) is 54.4 Å². The number of carbonyl (C=O) groups excluding carboxylic acids is 2. The lowest BCUT2D eigenvalue weighted by molar-refractivity contribution is -0.160. The van der Waals surface area contributed by atoms with Crippen LogP contribution in [0.5, 0.6) is 0 Å². The number of aliphatic hydroxyl groups excluding tert-OH is 1. The highest BCUT2D eigenvalue weighted by atomic mass is 16.3. The summed E-state index contributed by atoms with van der Waals surface area (Å²) in [7, 11) is 0. The average Bonchev–Trinajstić information content (AvgIpc) is 2.77. The Kier molecular flexibility index (Phi) is 3.15. The number of ketones is 2. The lowest BCUT2D eigenvalue weighted by Gasteiger charge is -2.59. The smallest absolute Gasteiger partial charge is 0.139 e. The van der Waals surface area contributed by atoms with Crippen LogP contribution in [0, 0.1) is 34.5 Å². The summed E-state index contributed by atoms with van der Waals surface area (Å²) in [5, 5.41) is 10.0. The molecule has 3 heteroatoms. The van der Waals surface area contributed by atoms with Crippen molar-refractivity contribution in [2.24, 2.45) is 34.5 Å². The normalized spacial score (nSPS) is 54.6. The van der Waals surface area contributed by atoms with Gasteiger partial charge in [-0.05, 0) is 61.7 Å². The van der Waals surface area contributed by atoms with Gasteiger partial charge in [0.2, 0.25) is 0 Å².